The number of carbonyl (C=O) groups is 1. The first kappa shape index (κ1) is 14.5. The van der Waals surface area contributed by atoms with E-state index in [0.29, 0.717) is 6.04 Å². The third-order valence-corrected chi connectivity index (χ3v) is 3.57. The summed E-state index contributed by atoms with van der Waals surface area (Å²) in [6, 6.07) is 0.0704. The zero-order chi connectivity index (χ0) is 12.7. The molecular formula is C13H26N2O2. The van der Waals surface area contributed by atoms with E-state index in [2.05, 4.69) is 24.1 Å². The van der Waals surface area contributed by atoms with Crippen molar-refractivity contribution < 1.29 is 9.90 Å². The third-order valence-electron chi connectivity index (χ3n) is 3.57. The lowest BCUT2D eigenvalue weighted by Gasteiger charge is -2.25. The standard InChI is InChI=1S/C13H26N2O2/c1-3-4-7-12(13(16)17)14-10-11(2)15-8-5-6-9-15/h11-12,14H,3-10H2,1-2H3,(H,16,17). The summed E-state index contributed by atoms with van der Waals surface area (Å²) >= 11 is 0. The maximum atomic E-state index is 11.1. The molecule has 100 valence electrons. The maximum absolute atomic E-state index is 11.1. The number of hydrogen-bond acceptors (Lipinski definition) is 3. The second-order valence-electron chi connectivity index (χ2n) is 5.03. The monoisotopic (exact) mass is 242 g/mol. The molecule has 0 amide bonds. The Morgan fingerprint density at radius 1 is 1.41 bits per heavy atom. The van der Waals surface area contributed by atoms with Crippen LogP contribution in [-0.2, 0) is 4.79 Å². The molecule has 1 rings (SSSR count). The van der Waals surface area contributed by atoms with E-state index in [9.17, 15) is 4.79 Å². The molecule has 2 atom stereocenters. The fourth-order valence-electron chi connectivity index (χ4n) is 2.35. The molecule has 4 nitrogen and oxygen atoms in total. The van der Waals surface area contributed by atoms with Gasteiger partial charge in [0.2, 0.25) is 0 Å². The molecule has 0 aliphatic carbocycles. The molecule has 1 heterocycles. The van der Waals surface area contributed by atoms with Crippen molar-refractivity contribution in [2.24, 2.45) is 0 Å². The Hall–Kier alpha value is -0.610. The summed E-state index contributed by atoms with van der Waals surface area (Å²) in [5.41, 5.74) is 0. The van der Waals surface area contributed by atoms with Crippen LogP contribution in [0.25, 0.3) is 0 Å². The number of aliphatic carboxylic acids is 1. The van der Waals surface area contributed by atoms with Gasteiger partial charge in [0.25, 0.3) is 0 Å². The Morgan fingerprint density at radius 2 is 2.06 bits per heavy atom. The molecule has 0 spiro atoms. The van der Waals surface area contributed by atoms with Crippen LogP contribution in [-0.4, -0.2) is 47.7 Å². The SMILES string of the molecule is CCCCC(NCC(C)N1CCCC1)C(=O)O. The first-order valence-electron chi connectivity index (χ1n) is 6.85. The molecular weight excluding hydrogens is 216 g/mol. The second-order valence-corrected chi connectivity index (χ2v) is 5.03. The molecule has 0 aromatic heterocycles. The van der Waals surface area contributed by atoms with Crippen molar-refractivity contribution in [2.45, 2.75) is 58.0 Å². The van der Waals surface area contributed by atoms with Gasteiger partial charge < -0.3 is 10.4 Å². The molecule has 0 aromatic carbocycles. The molecule has 0 aromatic rings. The normalized spacial score (nSPS) is 20.4. The van der Waals surface area contributed by atoms with Crippen LogP contribution in [0.2, 0.25) is 0 Å². The number of likely N-dealkylation sites (tertiary alicyclic amines) is 1. The van der Waals surface area contributed by atoms with E-state index in [-0.39, 0.29) is 6.04 Å². The highest BCUT2D eigenvalue weighted by atomic mass is 16.4. The predicted octanol–water partition coefficient (Wildman–Crippen LogP) is 1.70. The van der Waals surface area contributed by atoms with Gasteiger partial charge >= 0.3 is 5.97 Å². The predicted molar refractivity (Wildman–Crippen MR) is 69.2 cm³/mol. The Bertz CT molecular complexity index is 227. The molecule has 1 aliphatic heterocycles. The molecule has 4 heteroatoms. The number of carboxylic acids is 1. The minimum atomic E-state index is -0.716. The lowest BCUT2D eigenvalue weighted by Crippen LogP contribution is -2.45. The summed E-state index contributed by atoms with van der Waals surface area (Å²) in [5, 5.41) is 12.3. The fraction of sp³-hybridized carbons (Fsp3) is 0.923. The van der Waals surface area contributed by atoms with Crippen molar-refractivity contribution in [3.63, 3.8) is 0 Å². The van der Waals surface area contributed by atoms with E-state index >= 15 is 0 Å². The highest BCUT2D eigenvalue weighted by Crippen LogP contribution is 2.11. The van der Waals surface area contributed by atoms with Gasteiger partial charge in [0.1, 0.15) is 6.04 Å². The van der Waals surface area contributed by atoms with Gasteiger partial charge in [-0.15, -0.1) is 0 Å². The van der Waals surface area contributed by atoms with E-state index in [0.717, 1.165) is 38.9 Å². The van der Waals surface area contributed by atoms with Crippen LogP contribution in [0.15, 0.2) is 0 Å². The molecule has 0 radical (unpaired) electrons. The second kappa shape index (κ2) is 7.67. The number of carboxylic acid groups (broad SMARTS) is 1. The van der Waals surface area contributed by atoms with E-state index in [1.807, 2.05) is 0 Å². The van der Waals surface area contributed by atoms with Crippen molar-refractivity contribution in [3.8, 4) is 0 Å². The van der Waals surface area contributed by atoms with Crippen molar-refractivity contribution in [3.05, 3.63) is 0 Å². The Morgan fingerprint density at radius 3 is 2.59 bits per heavy atom. The number of nitrogens with zero attached hydrogens (tertiary/aromatic N) is 1. The van der Waals surface area contributed by atoms with Crippen molar-refractivity contribution in [2.75, 3.05) is 19.6 Å². The Balaban J connectivity index is 2.27. The third kappa shape index (κ3) is 5.04. The average Bonchev–Trinajstić information content (AvgIpc) is 2.81. The van der Waals surface area contributed by atoms with Crippen LogP contribution in [0.5, 0.6) is 0 Å². The highest BCUT2D eigenvalue weighted by molar-refractivity contribution is 5.73. The van der Waals surface area contributed by atoms with Crippen LogP contribution >= 0.6 is 0 Å². The van der Waals surface area contributed by atoms with Crippen LogP contribution in [0.3, 0.4) is 0 Å². The molecule has 1 fully saturated rings. The van der Waals surface area contributed by atoms with E-state index in [1.54, 1.807) is 0 Å². The van der Waals surface area contributed by atoms with Gasteiger partial charge in [0, 0.05) is 12.6 Å². The summed E-state index contributed by atoms with van der Waals surface area (Å²) in [5.74, 6) is -0.716. The molecule has 0 bridgehead atoms. The van der Waals surface area contributed by atoms with E-state index < -0.39 is 5.97 Å². The molecule has 2 unspecified atom stereocenters. The van der Waals surface area contributed by atoms with Crippen molar-refractivity contribution in [1.29, 1.82) is 0 Å². The summed E-state index contributed by atoms with van der Waals surface area (Å²) in [4.78, 5) is 13.5. The average molecular weight is 242 g/mol. The first-order chi connectivity index (χ1) is 8.15. The highest BCUT2D eigenvalue weighted by Gasteiger charge is 2.21. The van der Waals surface area contributed by atoms with Gasteiger partial charge in [-0.3, -0.25) is 9.69 Å². The summed E-state index contributed by atoms with van der Waals surface area (Å²) in [6.07, 6.45) is 5.32. The lowest BCUT2D eigenvalue weighted by molar-refractivity contribution is -0.139. The smallest absolute Gasteiger partial charge is 0.320 e. The Kier molecular flexibility index (Phi) is 6.52. The lowest BCUT2D eigenvalue weighted by atomic mass is 10.1. The molecule has 2 N–H and O–H groups in total. The van der Waals surface area contributed by atoms with Crippen molar-refractivity contribution >= 4 is 5.97 Å². The molecule has 1 saturated heterocycles. The van der Waals surface area contributed by atoms with Crippen LogP contribution in [0.1, 0.15) is 46.0 Å². The minimum Gasteiger partial charge on any atom is -0.480 e. The molecule has 0 saturated carbocycles. The topological polar surface area (TPSA) is 52.6 Å². The van der Waals surface area contributed by atoms with Gasteiger partial charge in [0.15, 0.2) is 0 Å². The van der Waals surface area contributed by atoms with Gasteiger partial charge in [-0.05, 0) is 39.3 Å². The van der Waals surface area contributed by atoms with Gasteiger partial charge in [-0.25, -0.2) is 0 Å². The van der Waals surface area contributed by atoms with E-state index in [1.165, 1.54) is 12.8 Å². The zero-order valence-corrected chi connectivity index (χ0v) is 11.1. The van der Waals surface area contributed by atoms with E-state index in [4.69, 9.17) is 5.11 Å². The number of rotatable bonds is 8. The van der Waals surface area contributed by atoms with Crippen LogP contribution in [0.4, 0.5) is 0 Å². The van der Waals surface area contributed by atoms with Crippen molar-refractivity contribution in [1.82, 2.24) is 10.2 Å². The maximum Gasteiger partial charge on any atom is 0.320 e. The number of hydrogen-bond donors (Lipinski definition) is 2. The fourth-order valence-corrected chi connectivity index (χ4v) is 2.35. The van der Waals surface area contributed by atoms with Gasteiger partial charge in [-0.2, -0.15) is 0 Å². The first-order valence-corrected chi connectivity index (χ1v) is 6.85. The summed E-state index contributed by atoms with van der Waals surface area (Å²) in [6.45, 7) is 7.37. The summed E-state index contributed by atoms with van der Waals surface area (Å²) < 4.78 is 0. The van der Waals surface area contributed by atoms with Gasteiger partial charge in [-0.1, -0.05) is 19.8 Å². The van der Waals surface area contributed by atoms with Crippen LogP contribution in [0, 0.1) is 0 Å². The van der Waals surface area contributed by atoms with Crippen LogP contribution < -0.4 is 5.32 Å². The Labute approximate surface area is 104 Å². The van der Waals surface area contributed by atoms with Gasteiger partial charge in [0.05, 0.1) is 0 Å². The summed E-state index contributed by atoms with van der Waals surface area (Å²) in [7, 11) is 0. The molecule has 17 heavy (non-hydrogen) atoms. The zero-order valence-electron chi connectivity index (χ0n) is 11.1. The quantitative estimate of drug-likeness (QED) is 0.680. The number of unbranched alkanes of at least 4 members (excludes halogenated alkanes) is 1. The number of nitrogens with one attached hydrogen (secondary N) is 1. The molecule has 1 aliphatic rings. The minimum absolute atomic E-state index is 0.375. The largest absolute Gasteiger partial charge is 0.480 e.